The highest BCUT2D eigenvalue weighted by Crippen LogP contribution is 2.40. The molecule has 158 valence electrons. The molecular formula is C25H30N2O2S. The minimum atomic E-state index is -0.193. The predicted octanol–water partition coefficient (Wildman–Crippen LogP) is 4.29. The van der Waals surface area contributed by atoms with E-state index in [4.69, 9.17) is 4.74 Å². The van der Waals surface area contributed by atoms with Crippen LogP contribution in [0.3, 0.4) is 0 Å². The van der Waals surface area contributed by atoms with Crippen LogP contribution in [0.15, 0.2) is 59.5 Å². The van der Waals surface area contributed by atoms with E-state index in [2.05, 4.69) is 64.4 Å². The van der Waals surface area contributed by atoms with E-state index in [9.17, 15) is 4.79 Å². The third-order valence-corrected chi connectivity index (χ3v) is 6.96. The van der Waals surface area contributed by atoms with Gasteiger partial charge in [-0.2, -0.15) is 0 Å². The Morgan fingerprint density at radius 3 is 2.40 bits per heavy atom. The molecule has 0 spiro atoms. The van der Waals surface area contributed by atoms with E-state index in [0.29, 0.717) is 6.61 Å². The summed E-state index contributed by atoms with van der Waals surface area (Å²) in [7, 11) is 0. The van der Waals surface area contributed by atoms with Gasteiger partial charge in [-0.25, -0.2) is 0 Å². The summed E-state index contributed by atoms with van der Waals surface area (Å²) in [6.07, 6.45) is 3.49. The fraction of sp³-hybridized carbons (Fsp3) is 0.400. The summed E-state index contributed by atoms with van der Waals surface area (Å²) in [5.74, 6) is 0.835. The molecule has 2 aliphatic rings. The molecule has 0 aromatic heterocycles. The van der Waals surface area contributed by atoms with Crippen LogP contribution >= 0.6 is 11.8 Å². The van der Waals surface area contributed by atoms with Gasteiger partial charge in [0, 0.05) is 56.8 Å². The normalized spacial score (nSPS) is 18.5. The second-order valence-electron chi connectivity index (χ2n) is 7.87. The van der Waals surface area contributed by atoms with E-state index in [-0.39, 0.29) is 5.97 Å². The summed E-state index contributed by atoms with van der Waals surface area (Å²) >= 11 is 1.94. The molecule has 0 radical (unpaired) electrons. The Morgan fingerprint density at radius 2 is 1.63 bits per heavy atom. The summed E-state index contributed by atoms with van der Waals surface area (Å²) < 4.78 is 5.07. The van der Waals surface area contributed by atoms with E-state index in [0.717, 1.165) is 51.4 Å². The largest absolute Gasteiger partial charge is 0.465 e. The summed E-state index contributed by atoms with van der Waals surface area (Å²) in [5.41, 5.74) is 5.55. The van der Waals surface area contributed by atoms with E-state index >= 15 is 0 Å². The van der Waals surface area contributed by atoms with Crippen LogP contribution in [0.4, 0.5) is 0 Å². The lowest BCUT2D eigenvalue weighted by molar-refractivity contribution is -0.141. The van der Waals surface area contributed by atoms with Gasteiger partial charge < -0.3 is 9.64 Å². The average Bonchev–Trinajstić information content (AvgIpc) is 2.92. The second kappa shape index (κ2) is 10.3. The van der Waals surface area contributed by atoms with E-state index < -0.39 is 0 Å². The average molecular weight is 423 g/mol. The van der Waals surface area contributed by atoms with Crippen LogP contribution in [0, 0.1) is 0 Å². The molecule has 0 saturated carbocycles. The topological polar surface area (TPSA) is 32.8 Å². The minimum Gasteiger partial charge on any atom is -0.465 e. The van der Waals surface area contributed by atoms with Crippen molar-refractivity contribution in [1.82, 2.24) is 9.80 Å². The van der Waals surface area contributed by atoms with Gasteiger partial charge in [-0.05, 0) is 34.8 Å². The standard InChI is InChI=1S/C25H30N2O2S/c1-20(28)29-18-17-27-15-13-26(14-16-27)12-6-10-23-22-8-3-2-7-21(22)19-30-25-11-5-4-9-24(23)25/h2-5,7-11H,6,12-19H2,1H3/b23-10-. The third-order valence-electron chi connectivity index (χ3n) is 5.84. The number of fused-ring (bicyclic) bond motifs is 2. The van der Waals surface area contributed by atoms with Crippen LogP contribution < -0.4 is 0 Å². The maximum absolute atomic E-state index is 10.9. The highest BCUT2D eigenvalue weighted by Gasteiger charge is 2.19. The zero-order valence-electron chi connectivity index (χ0n) is 17.7. The Kier molecular flexibility index (Phi) is 7.26. The molecule has 5 heteroatoms. The minimum absolute atomic E-state index is 0.193. The van der Waals surface area contributed by atoms with Crippen molar-refractivity contribution in [3.63, 3.8) is 0 Å². The molecule has 1 saturated heterocycles. The Hall–Kier alpha value is -2.08. The van der Waals surface area contributed by atoms with Crippen molar-refractivity contribution in [2.24, 2.45) is 0 Å². The first kappa shape index (κ1) is 21.2. The lowest BCUT2D eigenvalue weighted by Gasteiger charge is -2.34. The number of ether oxygens (including phenoxy) is 1. The summed E-state index contributed by atoms with van der Waals surface area (Å²) in [5, 5.41) is 0. The Bertz CT molecular complexity index is 854. The summed E-state index contributed by atoms with van der Waals surface area (Å²) in [6, 6.07) is 17.6. The van der Waals surface area contributed by atoms with Crippen molar-refractivity contribution in [2.45, 2.75) is 24.0 Å². The molecule has 0 N–H and O–H groups in total. The number of carbonyl (C=O) groups excluding carboxylic acids is 1. The third kappa shape index (κ3) is 5.34. The van der Waals surface area contributed by atoms with Gasteiger partial charge in [-0.3, -0.25) is 9.69 Å². The summed E-state index contributed by atoms with van der Waals surface area (Å²) in [4.78, 5) is 17.2. The quantitative estimate of drug-likeness (QED) is 0.649. The number of piperazine rings is 1. The van der Waals surface area contributed by atoms with Crippen LogP contribution in [0.5, 0.6) is 0 Å². The molecular weight excluding hydrogens is 392 g/mol. The maximum Gasteiger partial charge on any atom is 0.302 e. The molecule has 0 aliphatic carbocycles. The molecule has 1 fully saturated rings. The zero-order chi connectivity index (χ0) is 20.8. The maximum atomic E-state index is 10.9. The second-order valence-corrected chi connectivity index (χ2v) is 8.89. The van der Waals surface area contributed by atoms with Crippen LogP contribution in [0.2, 0.25) is 0 Å². The molecule has 2 aliphatic heterocycles. The number of esters is 1. The SMILES string of the molecule is CC(=O)OCCN1CCN(CC/C=C2/c3ccccc3CSc3ccccc32)CC1. The molecule has 2 aromatic carbocycles. The number of hydrogen-bond donors (Lipinski definition) is 0. The first-order chi connectivity index (χ1) is 14.7. The molecule has 0 atom stereocenters. The fourth-order valence-corrected chi connectivity index (χ4v) is 5.26. The van der Waals surface area contributed by atoms with E-state index in [1.54, 1.807) is 0 Å². The van der Waals surface area contributed by atoms with Crippen LogP contribution in [-0.4, -0.2) is 61.6 Å². The lowest BCUT2D eigenvalue weighted by Crippen LogP contribution is -2.47. The first-order valence-electron chi connectivity index (χ1n) is 10.8. The highest BCUT2D eigenvalue weighted by atomic mass is 32.2. The van der Waals surface area contributed by atoms with Gasteiger partial charge in [0.05, 0.1) is 0 Å². The van der Waals surface area contributed by atoms with E-state index in [1.807, 2.05) is 11.8 Å². The van der Waals surface area contributed by atoms with Crippen molar-refractivity contribution in [3.05, 3.63) is 71.3 Å². The fourth-order valence-electron chi connectivity index (χ4n) is 4.19. The van der Waals surface area contributed by atoms with Gasteiger partial charge in [-0.15, -0.1) is 11.8 Å². The smallest absolute Gasteiger partial charge is 0.302 e. The zero-order valence-corrected chi connectivity index (χ0v) is 18.5. The molecule has 4 nitrogen and oxygen atoms in total. The van der Waals surface area contributed by atoms with Crippen molar-refractivity contribution in [2.75, 3.05) is 45.9 Å². The molecule has 0 amide bonds. The predicted molar refractivity (Wildman–Crippen MR) is 124 cm³/mol. The Morgan fingerprint density at radius 1 is 0.967 bits per heavy atom. The van der Waals surface area contributed by atoms with Gasteiger partial charge in [0.25, 0.3) is 0 Å². The number of nitrogens with zero attached hydrogens (tertiary/aromatic N) is 2. The number of thioether (sulfide) groups is 1. The van der Waals surface area contributed by atoms with Gasteiger partial charge in [-0.1, -0.05) is 48.5 Å². The van der Waals surface area contributed by atoms with E-state index in [1.165, 1.54) is 34.1 Å². The number of hydrogen-bond acceptors (Lipinski definition) is 5. The number of carbonyl (C=O) groups is 1. The molecule has 4 rings (SSSR count). The van der Waals surface area contributed by atoms with Gasteiger partial charge in [0.2, 0.25) is 0 Å². The Balaban J connectivity index is 1.37. The molecule has 2 aromatic rings. The van der Waals surface area contributed by atoms with Crippen molar-refractivity contribution >= 4 is 23.3 Å². The molecule has 2 heterocycles. The lowest BCUT2D eigenvalue weighted by atomic mass is 9.93. The molecule has 0 bridgehead atoms. The van der Waals surface area contributed by atoms with Crippen molar-refractivity contribution in [3.8, 4) is 0 Å². The van der Waals surface area contributed by atoms with Crippen molar-refractivity contribution in [1.29, 1.82) is 0 Å². The van der Waals surface area contributed by atoms with Gasteiger partial charge >= 0.3 is 5.97 Å². The number of benzene rings is 2. The summed E-state index contributed by atoms with van der Waals surface area (Å²) in [6.45, 7) is 8.12. The van der Waals surface area contributed by atoms with Crippen LogP contribution in [0.25, 0.3) is 5.57 Å². The van der Waals surface area contributed by atoms with Crippen LogP contribution in [0.1, 0.15) is 30.0 Å². The Labute approximate surface area is 183 Å². The van der Waals surface area contributed by atoms with Crippen molar-refractivity contribution < 1.29 is 9.53 Å². The van der Waals surface area contributed by atoms with Gasteiger partial charge in [0.1, 0.15) is 6.61 Å². The molecule has 30 heavy (non-hydrogen) atoms. The molecule has 0 unspecified atom stereocenters. The highest BCUT2D eigenvalue weighted by molar-refractivity contribution is 7.98. The number of rotatable bonds is 6. The monoisotopic (exact) mass is 422 g/mol. The van der Waals surface area contributed by atoms with Crippen LogP contribution in [-0.2, 0) is 15.3 Å². The first-order valence-corrected chi connectivity index (χ1v) is 11.8. The van der Waals surface area contributed by atoms with Gasteiger partial charge in [0.15, 0.2) is 0 Å².